The SMILES string of the molecule is O=C1OCCN1[C@@H]1C[C@@H]2CC(F)(F)CC[C@H]2[C@@H]1/C=C/c1ccc(-c2cccc(F)c2)cn1. The van der Waals surface area contributed by atoms with Crippen molar-refractivity contribution >= 4 is 12.2 Å². The molecule has 2 aromatic rings. The summed E-state index contributed by atoms with van der Waals surface area (Å²) in [4.78, 5) is 18.4. The standard InChI is InChI=1S/C25H25F3N2O2/c26-19-3-1-2-16(12-19)17-4-5-20(29-15-17)6-7-22-21-8-9-25(27,28)14-18(21)13-23(22)30-10-11-32-24(30)31/h1-7,12,15,18,21-23H,8-11,13-14H2/b7-6+/t18-,21-,22+,23-/m1/s1. The third-order valence-electron chi connectivity index (χ3n) is 7.12. The van der Waals surface area contributed by atoms with Crippen LogP contribution >= 0.6 is 0 Å². The van der Waals surface area contributed by atoms with Gasteiger partial charge in [-0.2, -0.15) is 0 Å². The normalized spacial score (nSPS) is 29.3. The Morgan fingerprint density at radius 2 is 2.06 bits per heavy atom. The Hall–Kier alpha value is -2.83. The molecule has 4 nitrogen and oxygen atoms in total. The predicted octanol–water partition coefficient (Wildman–Crippen LogP) is 5.79. The Kier molecular flexibility index (Phi) is 5.43. The molecule has 2 saturated carbocycles. The number of amides is 1. The van der Waals surface area contributed by atoms with E-state index in [0.717, 1.165) is 16.8 Å². The van der Waals surface area contributed by atoms with E-state index < -0.39 is 5.92 Å². The molecule has 1 aromatic carbocycles. The van der Waals surface area contributed by atoms with Gasteiger partial charge in [0.15, 0.2) is 0 Å². The zero-order valence-corrected chi connectivity index (χ0v) is 17.6. The van der Waals surface area contributed by atoms with E-state index >= 15 is 0 Å². The van der Waals surface area contributed by atoms with Crippen LogP contribution in [0.15, 0.2) is 48.7 Å². The van der Waals surface area contributed by atoms with Gasteiger partial charge in [0, 0.05) is 36.6 Å². The molecule has 1 amide bonds. The summed E-state index contributed by atoms with van der Waals surface area (Å²) in [6, 6.07) is 9.96. The van der Waals surface area contributed by atoms with Crippen molar-refractivity contribution in [3.8, 4) is 11.1 Å². The molecule has 3 fully saturated rings. The third kappa shape index (κ3) is 4.12. The summed E-state index contributed by atoms with van der Waals surface area (Å²) in [5.41, 5.74) is 2.30. The maximum Gasteiger partial charge on any atom is 0.410 e. The average molecular weight is 442 g/mol. The minimum atomic E-state index is -2.62. The molecule has 1 aromatic heterocycles. The van der Waals surface area contributed by atoms with Gasteiger partial charge in [-0.3, -0.25) is 4.98 Å². The van der Waals surface area contributed by atoms with Crippen LogP contribution in [0, 0.1) is 23.6 Å². The lowest BCUT2D eigenvalue weighted by Gasteiger charge is -2.33. The molecule has 0 N–H and O–H groups in total. The fraction of sp³-hybridized carbons (Fsp3) is 0.440. The van der Waals surface area contributed by atoms with E-state index in [4.69, 9.17) is 4.74 Å². The van der Waals surface area contributed by atoms with E-state index in [1.54, 1.807) is 17.2 Å². The van der Waals surface area contributed by atoms with Gasteiger partial charge in [0.05, 0.1) is 12.2 Å². The van der Waals surface area contributed by atoms with Gasteiger partial charge in [-0.15, -0.1) is 0 Å². The minimum Gasteiger partial charge on any atom is -0.448 e. The summed E-state index contributed by atoms with van der Waals surface area (Å²) in [6.07, 6.45) is 6.11. The summed E-state index contributed by atoms with van der Waals surface area (Å²) in [7, 11) is 0. The number of halogens is 3. The Morgan fingerprint density at radius 1 is 1.19 bits per heavy atom. The van der Waals surface area contributed by atoms with Gasteiger partial charge in [0.2, 0.25) is 5.92 Å². The maximum absolute atomic E-state index is 14.0. The highest BCUT2D eigenvalue weighted by Crippen LogP contribution is 2.52. The lowest BCUT2D eigenvalue weighted by Crippen LogP contribution is -2.39. The van der Waals surface area contributed by atoms with Gasteiger partial charge in [-0.1, -0.05) is 24.3 Å². The third-order valence-corrected chi connectivity index (χ3v) is 7.12. The van der Waals surface area contributed by atoms with Gasteiger partial charge in [0.25, 0.3) is 0 Å². The van der Waals surface area contributed by atoms with Crippen LogP contribution in [0.25, 0.3) is 17.2 Å². The molecule has 5 rings (SSSR count). The summed E-state index contributed by atoms with van der Waals surface area (Å²) in [5.74, 6) is -2.91. The topological polar surface area (TPSA) is 42.4 Å². The van der Waals surface area contributed by atoms with Gasteiger partial charge < -0.3 is 9.64 Å². The smallest absolute Gasteiger partial charge is 0.410 e. The molecule has 0 spiro atoms. The molecule has 32 heavy (non-hydrogen) atoms. The van der Waals surface area contributed by atoms with Crippen molar-refractivity contribution in [1.82, 2.24) is 9.88 Å². The molecule has 0 unspecified atom stereocenters. The summed E-state index contributed by atoms with van der Waals surface area (Å²) >= 11 is 0. The Bertz CT molecular complexity index is 1020. The summed E-state index contributed by atoms with van der Waals surface area (Å²) in [6.45, 7) is 0.852. The van der Waals surface area contributed by atoms with E-state index in [0.29, 0.717) is 26.0 Å². The monoisotopic (exact) mass is 442 g/mol. The molecule has 0 bridgehead atoms. The van der Waals surface area contributed by atoms with Gasteiger partial charge >= 0.3 is 6.09 Å². The number of cyclic esters (lactones) is 1. The average Bonchev–Trinajstić information content (AvgIpc) is 3.34. The van der Waals surface area contributed by atoms with Crippen LogP contribution in [0.1, 0.15) is 31.4 Å². The molecule has 2 aliphatic carbocycles. The number of hydrogen-bond donors (Lipinski definition) is 0. The van der Waals surface area contributed by atoms with E-state index in [2.05, 4.69) is 4.98 Å². The van der Waals surface area contributed by atoms with E-state index in [1.807, 2.05) is 30.4 Å². The minimum absolute atomic E-state index is 0.00792. The van der Waals surface area contributed by atoms with Crippen molar-refractivity contribution in [2.24, 2.45) is 17.8 Å². The number of ether oxygens (including phenoxy) is 1. The van der Waals surface area contributed by atoms with Crippen LogP contribution in [0.2, 0.25) is 0 Å². The first-order valence-corrected chi connectivity index (χ1v) is 11.1. The van der Waals surface area contributed by atoms with Crippen LogP contribution in [-0.2, 0) is 4.74 Å². The molecular weight excluding hydrogens is 417 g/mol. The number of alkyl halides is 2. The molecule has 168 valence electrons. The zero-order chi connectivity index (χ0) is 22.3. The lowest BCUT2D eigenvalue weighted by atomic mass is 9.76. The van der Waals surface area contributed by atoms with Crippen LogP contribution < -0.4 is 0 Å². The lowest BCUT2D eigenvalue weighted by molar-refractivity contribution is -0.0659. The van der Waals surface area contributed by atoms with E-state index in [1.165, 1.54) is 12.1 Å². The van der Waals surface area contributed by atoms with Crippen molar-refractivity contribution in [1.29, 1.82) is 0 Å². The molecule has 2 heterocycles. The summed E-state index contributed by atoms with van der Waals surface area (Å²) in [5, 5.41) is 0. The quantitative estimate of drug-likeness (QED) is 0.602. The highest BCUT2D eigenvalue weighted by Gasteiger charge is 2.52. The van der Waals surface area contributed by atoms with Gasteiger partial charge in [0.1, 0.15) is 12.4 Å². The second-order valence-corrected chi connectivity index (χ2v) is 9.05. The van der Waals surface area contributed by atoms with Crippen molar-refractivity contribution in [2.75, 3.05) is 13.2 Å². The Balaban J connectivity index is 1.37. The largest absolute Gasteiger partial charge is 0.448 e. The maximum atomic E-state index is 14.0. The first kappa shape index (κ1) is 21.0. The fourth-order valence-corrected chi connectivity index (χ4v) is 5.63. The van der Waals surface area contributed by atoms with Crippen LogP contribution in [0.3, 0.4) is 0 Å². The van der Waals surface area contributed by atoms with Crippen LogP contribution in [-0.4, -0.2) is 41.1 Å². The van der Waals surface area contributed by atoms with Gasteiger partial charge in [-0.05, 0) is 54.5 Å². The summed E-state index contributed by atoms with van der Waals surface area (Å²) < 4.78 is 46.7. The number of rotatable bonds is 4. The van der Waals surface area contributed by atoms with Gasteiger partial charge in [-0.25, -0.2) is 18.0 Å². The molecular formula is C25H25F3N2O2. The number of hydrogen-bond acceptors (Lipinski definition) is 3. The number of benzene rings is 1. The fourth-order valence-electron chi connectivity index (χ4n) is 5.63. The highest BCUT2D eigenvalue weighted by molar-refractivity contribution is 5.70. The van der Waals surface area contributed by atoms with Crippen molar-refractivity contribution in [3.05, 3.63) is 60.2 Å². The second-order valence-electron chi connectivity index (χ2n) is 9.05. The van der Waals surface area contributed by atoms with Crippen LogP contribution in [0.4, 0.5) is 18.0 Å². The predicted molar refractivity (Wildman–Crippen MR) is 114 cm³/mol. The van der Waals surface area contributed by atoms with Crippen LogP contribution in [0.5, 0.6) is 0 Å². The molecule has 7 heteroatoms. The van der Waals surface area contributed by atoms with E-state index in [-0.39, 0.29) is 48.5 Å². The molecule has 1 saturated heterocycles. The number of nitrogens with zero attached hydrogens (tertiary/aromatic N) is 2. The van der Waals surface area contributed by atoms with Crippen molar-refractivity contribution in [3.63, 3.8) is 0 Å². The van der Waals surface area contributed by atoms with Crippen molar-refractivity contribution < 1.29 is 22.7 Å². The molecule has 4 atom stereocenters. The number of carbonyl (C=O) groups excluding carboxylic acids is 1. The number of aromatic nitrogens is 1. The number of pyridine rings is 1. The molecule has 1 aliphatic heterocycles. The Labute approximate surface area is 185 Å². The molecule has 0 radical (unpaired) electrons. The second kappa shape index (κ2) is 8.26. The molecule has 3 aliphatic rings. The Morgan fingerprint density at radius 3 is 2.78 bits per heavy atom. The zero-order valence-electron chi connectivity index (χ0n) is 17.6. The first-order chi connectivity index (χ1) is 15.4. The van der Waals surface area contributed by atoms with Crippen molar-refractivity contribution in [2.45, 2.75) is 37.6 Å². The highest BCUT2D eigenvalue weighted by atomic mass is 19.3. The van der Waals surface area contributed by atoms with E-state index in [9.17, 15) is 18.0 Å². The first-order valence-electron chi connectivity index (χ1n) is 11.1. The number of fused-ring (bicyclic) bond motifs is 1. The number of carbonyl (C=O) groups is 1.